The number of hydrogen-bond donors (Lipinski definition) is 1. The second-order valence-electron chi connectivity index (χ2n) is 9.22. The lowest BCUT2D eigenvalue weighted by Crippen LogP contribution is -2.46. The Balaban J connectivity index is 1.70. The molecule has 0 spiro atoms. The zero-order chi connectivity index (χ0) is 25.7. The number of rotatable bonds is 4. The number of nitriles is 1. The zero-order valence-corrected chi connectivity index (χ0v) is 20.8. The Morgan fingerprint density at radius 2 is 1.86 bits per heavy atom. The molecule has 0 unspecified atom stereocenters. The highest BCUT2D eigenvalue weighted by molar-refractivity contribution is 7.91. The van der Waals surface area contributed by atoms with E-state index >= 15 is 0 Å². The zero-order valence-electron chi connectivity index (χ0n) is 19.3. The Hall–Kier alpha value is -3.67. The smallest absolute Gasteiger partial charge is 0.251 e. The SMILES string of the molecule is C[C@@]1(NC(=O)c2ccc3c(-c4ccccc4Cl)c(C#N)n(-c4ccc(F)cc4)c3c2)CCS(=O)(=O)C1. The van der Waals surface area contributed by atoms with E-state index in [9.17, 15) is 22.9 Å². The van der Waals surface area contributed by atoms with Gasteiger partial charge in [-0.2, -0.15) is 5.26 Å². The van der Waals surface area contributed by atoms with Crippen LogP contribution in [0.3, 0.4) is 0 Å². The molecule has 0 radical (unpaired) electrons. The number of nitrogens with one attached hydrogen (secondary N) is 1. The Labute approximate surface area is 212 Å². The Morgan fingerprint density at radius 3 is 2.50 bits per heavy atom. The number of aromatic nitrogens is 1. The van der Waals surface area contributed by atoms with E-state index in [-0.39, 0.29) is 17.2 Å². The third-order valence-corrected chi connectivity index (χ3v) is 8.72. The van der Waals surface area contributed by atoms with Crippen LogP contribution in [0.5, 0.6) is 0 Å². The van der Waals surface area contributed by atoms with Crippen LogP contribution in [0.1, 0.15) is 29.4 Å². The summed E-state index contributed by atoms with van der Waals surface area (Å²) < 4.78 is 39.3. The summed E-state index contributed by atoms with van der Waals surface area (Å²) >= 11 is 6.50. The lowest BCUT2D eigenvalue weighted by molar-refractivity contribution is 0.0915. The first kappa shape index (κ1) is 24.0. The van der Waals surface area contributed by atoms with Gasteiger partial charge in [-0.1, -0.05) is 35.9 Å². The van der Waals surface area contributed by atoms with Crippen molar-refractivity contribution in [3.63, 3.8) is 0 Å². The van der Waals surface area contributed by atoms with E-state index in [4.69, 9.17) is 11.6 Å². The molecule has 182 valence electrons. The van der Waals surface area contributed by atoms with Crippen LogP contribution in [0.15, 0.2) is 66.7 Å². The van der Waals surface area contributed by atoms with Gasteiger partial charge in [-0.25, -0.2) is 12.8 Å². The van der Waals surface area contributed by atoms with Gasteiger partial charge in [-0.3, -0.25) is 4.79 Å². The number of fused-ring (bicyclic) bond motifs is 1. The van der Waals surface area contributed by atoms with Crippen molar-refractivity contribution in [2.24, 2.45) is 0 Å². The van der Waals surface area contributed by atoms with Crippen molar-refractivity contribution < 1.29 is 17.6 Å². The fraction of sp³-hybridized carbons (Fsp3) is 0.185. The molecule has 0 saturated carbocycles. The molecule has 4 aromatic rings. The lowest BCUT2D eigenvalue weighted by atomic mass is 9.99. The Morgan fingerprint density at radius 1 is 1.14 bits per heavy atom. The molecular formula is C27H21ClFN3O3S. The summed E-state index contributed by atoms with van der Waals surface area (Å²) in [5, 5.41) is 14.2. The molecule has 1 N–H and O–H groups in total. The maximum absolute atomic E-state index is 13.7. The van der Waals surface area contributed by atoms with E-state index in [0.29, 0.717) is 44.7 Å². The Kier molecular flexibility index (Phi) is 5.86. The van der Waals surface area contributed by atoms with Gasteiger partial charge in [0.2, 0.25) is 0 Å². The summed E-state index contributed by atoms with van der Waals surface area (Å²) in [6, 6.07) is 20.2. The molecule has 1 aliphatic rings. The molecule has 1 amide bonds. The molecular weight excluding hydrogens is 501 g/mol. The number of amides is 1. The molecule has 0 bridgehead atoms. The van der Waals surface area contributed by atoms with Crippen molar-refractivity contribution in [1.29, 1.82) is 5.26 Å². The van der Waals surface area contributed by atoms with Crippen LogP contribution in [0.2, 0.25) is 5.02 Å². The molecule has 1 aliphatic heterocycles. The summed E-state index contributed by atoms with van der Waals surface area (Å²) in [6.07, 6.45) is 0.338. The number of benzene rings is 3. The number of carbonyl (C=O) groups excluding carboxylic acids is 1. The van der Waals surface area contributed by atoms with Crippen molar-refractivity contribution in [1.82, 2.24) is 9.88 Å². The largest absolute Gasteiger partial charge is 0.346 e. The van der Waals surface area contributed by atoms with Crippen molar-refractivity contribution in [2.45, 2.75) is 18.9 Å². The number of carbonyl (C=O) groups is 1. The molecule has 9 heteroatoms. The quantitative estimate of drug-likeness (QED) is 0.396. The monoisotopic (exact) mass is 521 g/mol. The minimum atomic E-state index is -3.20. The number of nitrogens with zero attached hydrogens (tertiary/aromatic N) is 2. The van der Waals surface area contributed by atoms with Crippen LogP contribution in [0.25, 0.3) is 27.7 Å². The van der Waals surface area contributed by atoms with Gasteiger partial charge in [-0.15, -0.1) is 0 Å². The topological polar surface area (TPSA) is 92.0 Å². The molecule has 2 heterocycles. The minimum absolute atomic E-state index is 0.0307. The lowest BCUT2D eigenvalue weighted by Gasteiger charge is -2.24. The molecule has 5 rings (SSSR count). The molecule has 6 nitrogen and oxygen atoms in total. The maximum atomic E-state index is 13.7. The highest BCUT2D eigenvalue weighted by Gasteiger charge is 2.39. The van der Waals surface area contributed by atoms with E-state index in [1.54, 1.807) is 54.0 Å². The summed E-state index contributed by atoms with van der Waals surface area (Å²) in [4.78, 5) is 13.2. The van der Waals surface area contributed by atoms with E-state index < -0.39 is 27.1 Å². The normalized spacial score (nSPS) is 18.7. The van der Waals surface area contributed by atoms with Gasteiger partial charge in [0.05, 0.1) is 22.6 Å². The number of sulfone groups is 1. The van der Waals surface area contributed by atoms with Gasteiger partial charge in [0, 0.05) is 32.8 Å². The van der Waals surface area contributed by atoms with Crippen molar-refractivity contribution in [2.75, 3.05) is 11.5 Å². The maximum Gasteiger partial charge on any atom is 0.251 e. The summed E-state index contributed by atoms with van der Waals surface area (Å²) in [5.41, 5.74) is 2.10. The molecule has 1 saturated heterocycles. The van der Waals surface area contributed by atoms with Crippen molar-refractivity contribution in [3.8, 4) is 22.9 Å². The first-order valence-corrected chi connectivity index (χ1v) is 13.4. The van der Waals surface area contributed by atoms with Crippen LogP contribution < -0.4 is 5.32 Å². The number of hydrogen-bond acceptors (Lipinski definition) is 4. The first-order chi connectivity index (χ1) is 17.1. The van der Waals surface area contributed by atoms with E-state index in [1.165, 1.54) is 12.1 Å². The highest BCUT2D eigenvalue weighted by atomic mass is 35.5. The van der Waals surface area contributed by atoms with Crippen LogP contribution in [-0.2, 0) is 9.84 Å². The summed E-state index contributed by atoms with van der Waals surface area (Å²) in [7, 11) is -3.20. The molecule has 36 heavy (non-hydrogen) atoms. The first-order valence-electron chi connectivity index (χ1n) is 11.2. The second-order valence-corrected chi connectivity index (χ2v) is 11.8. The predicted molar refractivity (Wildman–Crippen MR) is 138 cm³/mol. The third-order valence-electron chi connectivity index (χ3n) is 6.48. The summed E-state index contributed by atoms with van der Waals surface area (Å²) in [5.74, 6) is -0.918. The summed E-state index contributed by atoms with van der Waals surface area (Å²) in [6.45, 7) is 1.72. The van der Waals surface area contributed by atoms with Crippen LogP contribution in [-0.4, -0.2) is 35.9 Å². The van der Waals surface area contributed by atoms with Crippen LogP contribution >= 0.6 is 11.6 Å². The van der Waals surface area contributed by atoms with Crippen LogP contribution in [0.4, 0.5) is 4.39 Å². The van der Waals surface area contributed by atoms with Gasteiger partial charge < -0.3 is 9.88 Å². The minimum Gasteiger partial charge on any atom is -0.346 e. The second kappa shape index (κ2) is 8.77. The standard InChI is InChI=1S/C27H21ClFN3O3S/c1-27(12-13-36(34,35)16-27)31-26(33)17-6-11-21-23(14-17)32(19-9-7-18(29)8-10-19)24(15-30)25(21)20-4-2-3-5-22(20)28/h2-11,14H,12-13,16H2,1H3,(H,31,33)/t27-/m1/s1. The average molecular weight is 522 g/mol. The van der Waals surface area contributed by atoms with E-state index in [1.807, 2.05) is 12.1 Å². The highest BCUT2D eigenvalue weighted by Crippen LogP contribution is 2.40. The fourth-order valence-electron chi connectivity index (χ4n) is 4.79. The van der Waals surface area contributed by atoms with Crippen molar-refractivity contribution >= 4 is 38.2 Å². The van der Waals surface area contributed by atoms with E-state index in [2.05, 4.69) is 11.4 Å². The molecule has 1 atom stereocenters. The average Bonchev–Trinajstić information content (AvgIpc) is 3.31. The molecule has 1 aromatic heterocycles. The molecule has 3 aromatic carbocycles. The van der Waals surface area contributed by atoms with Gasteiger partial charge in [0.1, 0.15) is 17.6 Å². The third kappa shape index (κ3) is 4.25. The van der Waals surface area contributed by atoms with Crippen LogP contribution in [0, 0.1) is 17.1 Å². The fourth-order valence-corrected chi connectivity index (χ4v) is 7.11. The van der Waals surface area contributed by atoms with Gasteiger partial charge in [-0.05, 0) is 55.8 Å². The Bertz CT molecular complexity index is 1670. The number of halogens is 2. The molecule has 0 aliphatic carbocycles. The van der Waals surface area contributed by atoms with Gasteiger partial charge >= 0.3 is 0 Å². The van der Waals surface area contributed by atoms with Gasteiger partial charge in [0.25, 0.3) is 5.91 Å². The predicted octanol–water partition coefficient (Wildman–Crippen LogP) is 5.27. The molecule has 1 fully saturated rings. The van der Waals surface area contributed by atoms with Crippen molar-refractivity contribution in [3.05, 3.63) is 88.8 Å². The van der Waals surface area contributed by atoms with Gasteiger partial charge in [0.15, 0.2) is 9.84 Å². The van der Waals surface area contributed by atoms with E-state index in [0.717, 1.165) is 0 Å².